The van der Waals surface area contributed by atoms with Crippen LogP contribution in [0, 0.1) is 35.5 Å². The van der Waals surface area contributed by atoms with Gasteiger partial charge in [0.1, 0.15) is 29.7 Å². The van der Waals surface area contributed by atoms with E-state index in [2.05, 4.69) is 35.1 Å². The monoisotopic (exact) mass is 1340 g/mol. The Bertz CT molecular complexity index is 2580. The van der Waals surface area contributed by atoms with E-state index < -0.39 is 132 Å². The highest BCUT2D eigenvalue weighted by Crippen LogP contribution is 2.44. The van der Waals surface area contributed by atoms with Crippen molar-refractivity contribution >= 4 is 70.7 Å². The first-order chi connectivity index (χ1) is 43.8. The van der Waals surface area contributed by atoms with Gasteiger partial charge in [-0.15, -0.1) is 11.6 Å². The van der Waals surface area contributed by atoms with Crippen LogP contribution in [0.3, 0.4) is 0 Å². The highest BCUT2D eigenvalue weighted by atomic mass is 35.5. The van der Waals surface area contributed by atoms with Gasteiger partial charge in [-0.25, -0.2) is 0 Å². The highest BCUT2D eigenvalue weighted by molar-refractivity contribution is 6.20. The first kappa shape index (κ1) is 76.8. The molecular formula is C68H113ClF3N11O10. The molecule has 4 saturated carbocycles. The molecule has 0 aromatic rings. The Kier molecular flexibility index (Phi) is 28.6. The van der Waals surface area contributed by atoms with Crippen molar-refractivity contribution in [3.8, 4) is 0 Å². The lowest BCUT2D eigenvalue weighted by atomic mass is 9.78. The zero-order valence-electron chi connectivity index (χ0n) is 57.9. The molecular weight excluding hydrogens is 1220 g/mol. The maximum Gasteiger partial charge on any atom is 0.393 e. The van der Waals surface area contributed by atoms with Crippen molar-refractivity contribution in [2.45, 2.75) is 267 Å². The molecule has 4 aliphatic carbocycles. The molecule has 21 nitrogen and oxygen atoms in total. The second-order valence-electron chi connectivity index (χ2n) is 29.4. The zero-order valence-corrected chi connectivity index (χ0v) is 58.6. The molecule has 10 amide bonds. The minimum absolute atomic E-state index is 0.0237. The molecule has 2 aliphatic heterocycles. The van der Waals surface area contributed by atoms with Crippen LogP contribution in [-0.4, -0.2) is 227 Å². The Morgan fingerprint density at radius 2 is 1.19 bits per heavy atom. The molecule has 0 aromatic heterocycles. The molecule has 2 saturated heterocycles. The van der Waals surface area contributed by atoms with E-state index in [0.717, 1.165) is 57.8 Å². The van der Waals surface area contributed by atoms with Crippen molar-refractivity contribution in [1.82, 2.24) is 55.6 Å². The summed E-state index contributed by atoms with van der Waals surface area (Å²) >= 11 is 6.39. The smallest absolute Gasteiger partial charge is 0.351 e. The number of amides is 10. The minimum atomic E-state index is -4.48. The van der Waals surface area contributed by atoms with Crippen molar-refractivity contribution in [2.75, 3.05) is 68.5 Å². The number of fused-ring (bicyclic) bond motifs is 1. The number of likely N-dealkylation sites (N-methyl/N-ethyl adjacent to an activating group) is 6. The van der Waals surface area contributed by atoms with E-state index in [0.29, 0.717) is 38.5 Å². The number of nitrogens with zero attached hydrogens (tertiary/aromatic N) is 7. The van der Waals surface area contributed by atoms with Crippen LogP contribution in [0.1, 0.15) is 202 Å². The molecule has 25 heteroatoms. The van der Waals surface area contributed by atoms with Gasteiger partial charge in [0.05, 0.1) is 31.6 Å². The van der Waals surface area contributed by atoms with E-state index in [1.54, 1.807) is 25.9 Å². The summed E-state index contributed by atoms with van der Waals surface area (Å²) in [5.41, 5.74) is -1.43. The van der Waals surface area contributed by atoms with Crippen molar-refractivity contribution in [3.05, 3.63) is 0 Å². The molecule has 4 unspecified atom stereocenters. The van der Waals surface area contributed by atoms with E-state index in [1.165, 1.54) is 57.6 Å². The first-order valence-electron chi connectivity index (χ1n) is 35.0. The summed E-state index contributed by atoms with van der Waals surface area (Å²) in [5, 5.41) is 11.4. The summed E-state index contributed by atoms with van der Waals surface area (Å²) < 4.78 is 41.8. The Hall–Kier alpha value is -5.26. The fraction of sp³-hybridized carbons (Fsp3) is 0.853. The Morgan fingerprint density at radius 1 is 0.602 bits per heavy atom. The van der Waals surface area contributed by atoms with E-state index in [-0.39, 0.29) is 119 Å². The SMILES string of the molecule is CC[C@H](C)[C@@H]1NC(C)[C@H](CC(C)C)N(C)C(=O)C[C@@H](C)NC(=O)[C@H](CC2CCCC2)N(C)C(=O)C2(CCCC2)NC(=O)[C@@H]2CCCN2C(=O)[C@H](CCC2CCC(C(F)(F)F)C(Cl)C2)NC(=O)CN(C)C(=O)[C@H](CC2CCCCC2)N(C)C(=O)CN(C)C(=O)CN(C)C1=O. The number of nitrogens with one attached hydrogen (secondary N) is 4. The van der Waals surface area contributed by atoms with E-state index >= 15 is 9.59 Å². The third-order valence-electron chi connectivity index (χ3n) is 21.7. The quantitative estimate of drug-likeness (QED) is 0.153. The predicted octanol–water partition coefficient (Wildman–Crippen LogP) is 7.01. The van der Waals surface area contributed by atoms with Crippen molar-refractivity contribution < 1.29 is 61.1 Å². The summed E-state index contributed by atoms with van der Waals surface area (Å²) in [5.74, 6) is -6.92. The van der Waals surface area contributed by atoms with Crippen LogP contribution in [0.25, 0.3) is 0 Å². The standard InChI is InChI=1S/C68H113ClF3N11O10/c1-13-43(4)60-65(92)79(9)40-58(86)77(7)41-59(87)81(11)55(38-47-22-15-14-16-23-47)64(91)78(8)39-56(84)75-51(30-28-48-27-29-49(50(69)36-48)68(70,71)72)63(90)83-33-21-26-52(83)62(89)76-67(31-19-20-32-67)66(93)82(12)54(37-46-24-17-18-25-46)61(88)73-44(5)35-57(85)80(10)53(34-42(2)3)45(6)74-60/h42-55,60,74H,13-41H2,1-12H3,(H,73,88)(H,75,84)(H,76,89)/t43-,44+,45?,48?,49?,50?,51-,52-,53-,54-,55-,60-/m0/s1. The molecule has 0 aromatic carbocycles. The number of hydrogen-bond donors (Lipinski definition) is 4. The van der Waals surface area contributed by atoms with Crippen LogP contribution in [0.2, 0.25) is 0 Å². The van der Waals surface area contributed by atoms with Gasteiger partial charge < -0.3 is 55.6 Å². The number of carbonyl (C=O) groups is 10. The van der Waals surface area contributed by atoms with Crippen LogP contribution in [0.5, 0.6) is 0 Å². The average Bonchev–Trinajstić information content (AvgIpc) is 1.66. The van der Waals surface area contributed by atoms with Crippen LogP contribution < -0.4 is 21.3 Å². The summed E-state index contributed by atoms with van der Waals surface area (Å²) in [6, 6.07) is -6.67. The summed E-state index contributed by atoms with van der Waals surface area (Å²) in [4.78, 5) is 156. The Labute approximate surface area is 556 Å². The summed E-state index contributed by atoms with van der Waals surface area (Å²) in [7, 11) is 9.21. The predicted molar refractivity (Wildman–Crippen MR) is 350 cm³/mol. The molecule has 6 fully saturated rings. The van der Waals surface area contributed by atoms with Gasteiger partial charge >= 0.3 is 6.18 Å². The molecule has 4 N–H and O–H groups in total. The van der Waals surface area contributed by atoms with Gasteiger partial charge in [0.25, 0.3) is 0 Å². The fourth-order valence-corrected chi connectivity index (χ4v) is 16.1. The van der Waals surface area contributed by atoms with Crippen LogP contribution in [0.15, 0.2) is 0 Å². The number of halogens is 4. The number of hydrogen-bond acceptors (Lipinski definition) is 11. The van der Waals surface area contributed by atoms with Crippen molar-refractivity contribution in [1.29, 1.82) is 0 Å². The average molecular weight is 1340 g/mol. The second kappa shape index (κ2) is 34.6. The molecule has 6 aliphatic rings. The third kappa shape index (κ3) is 20.6. The van der Waals surface area contributed by atoms with Gasteiger partial charge in [-0.2, -0.15) is 13.2 Å². The van der Waals surface area contributed by atoms with Crippen molar-refractivity contribution in [3.63, 3.8) is 0 Å². The number of carbonyl (C=O) groups excluding carboxylic acids is 10. The van der Waals surface area contributed by atoms with E-state index in [9.17, 15) is 51.5 Å². The number of alkyl halides is 4. The zero-order chi connectivity index (χ0) is 68.8. The van der Waals surface area contributed by atoms with Crippen LogP contribution >= 0.6 is 11.6 Å². The summed E-state index contributed by atoms with van der Waals surface area (Å²) in [6.45, 7) is 10.4. The molecule has 93 heavy (non-hydrogen) atoms. The molecule has 0 radical (unpaired) electrons. The van der Waals surface area contributed by atoms with Gasteiger partial charge in [0, 0.05) is 78.8 Å². The topological polar surface area (TPSA) is 242 Å². The van der Waals surface area contributed by atoms with Gasteiger partial charge in [0.2, 0.25) is 59.1 Å². The van der Waals surface area contributed by atoms with Crippen molar-refractivity contribution in [2.24, 2.45) is 35.5 Å². The second-order valence-corrected chi connectivity index (χ2v) is 29.9. The van der Waals surface area contributed by atoms with E-state index in [4.69, 9.17) is 11.6 Å². The lowest BCUT2D eigenvalue weighted by molar-refractivity contribution is -0.182. The fourth-order valence-electron chi connectivity index (χ4n) is 15.6. The largest absolute Gasteiger partial charge is 0.393 e. The van der Waals surface area contributed by atoms with Crippen LogP contribution in [-0.2, 0) is 47.9 Å². The lowest BCUT2D eigenvalue weighted by Gasteiger charge is -2.39. The Morgan fingerprint density at radius 3 is 1.78 bits per heavy atom. The maximum atomic E-state index is 15.3. The Balaban J connectivity index is 1.35. The highest BCUT2D eigenvalue weighted by Gasteiger charge is 2.51. The minimum Gasteiger partial charge on any atom is -0.351 e. The normalized spacial score (nSPS) is 31.2. The maximum absolute atomic E-state index is 15.3. The lowest BCUT2D eigenvalue weighted by Crippen LogP contribution is -2.64. The number of rotatable bonds is 11. The third-order valence-corrected chi connectivity index (χ3v) is 22.2. The van der Waals surface area contributed by atoms with Crippen LogP contribution in [0.4, 0.5) is 13.2 Å². The van der Waals surface area contributed by atoms with Gasteiger partial charge in [-0.05, 0) is 120 Å². The molecule has 0 bridgehead atoms. The van der Waals surface area contributed by atoms with Gasteiger partial charge in [-0.1, -0.05) is 105 Å². The first-order valence-corrected chi connectivity index (χ1v) is 35.4. The molecule has 1 spiro atoms. The molecule has 528 valence electrons. The van der Waals surface area contributed by atoms with E-state index in [1.807, 2.05) is 20.8 Å². The summed E-state index contributed by atoms with van der Waals surface area (Å²) in [6.07, 6.45) is 8.10. The molecule has 2 heterocycles. The van der Waals surface area contributed by atoms with Gasteiger partial charge in [-0.3, -0.25) is 47.9 Å². The van der Waals surface area contributed by atoms with Gasteiger partial charge in [0.15, 0.2) is 0 Å². The molecule has 12 atom stereocenters. The molecule has 6 rings (SSSR count).